The summed E-state index contributed by atoms with van der Waals surface area (Å²) in [6.45, 7) is 3.64. The highest BCUT2D eigenvalue weighted by Crippen LogP contribution is 2.31. The van der Waals surface area contributed by atoms with Crippen LogP contribution in [0.3, 0.4) is 0 Å². The van der Waals surface area contributed by atoms with Gasteiger partial charge in [0.1, 0.15) is 18.1 Å². The number of rotatable bonds is 6. The number of fused-ring (bicyclic) bond motifs is 1. The first kappa shape index (κ1) is 25.9. The van der Waals surface area contributed by atoms with E-state index in [1.807, 2.05) is 13.8 Å². The lowest BCUT2D eigenvalue weighted by Gasteiger charge is -2.23. The van der Waals surface area contributed by atoms with Gasteiger partial charge in [-0.1, -0.05) is 19.9 Å². The molecule has 1 aliphatic rings. The summed E-state index contributed by atoms with van der Waals surface area (Å²) in [5.74, 6) is -1.67. The lowest BCUT2D eigenvalue weighted by Crippen LogP contribution is -2.55. The number of aliphatic carboxylic acids is 1. The number of carboxylic acid groups (broad SMARTS) is 1. The monoisotopic (exact) mass is 494 g/mol. The lowest BCUT2D eigenvalue weighted by atomic mass is 9.98. The molecule has 0 bridgehead atoms. The molecule has 35 heavy (non-hydrogen) atoms. The number of hydrogen-bond donors (Lipinski definition) is 2. The Morgan fingerprint density at radius 1 is 1.29 bits per heavy atom. The molecule has 1 atom stereocenters. The third-order valence-electron chi connectivity index (χ3n) is 5.36. The summed E-state index contributed by atoms with van der Waals surface area (Å²) in [5, 5.41) is 16.7. The van der Waals surface area contributed by atoms with E-state index < -0.39 is 35.9 Å². The molecular formula is C23H25F3N4O5. The molecule has 1 fully saturated rings. The Hall–Kier alpha value is -3.67. The minimum absolute atomic E-state index is 0.0836. The molecule has 188 valence electrons. The zero-order chi connectivity index (χ0) is 25.8. The summed E-state index contributed by atoms with van der Waals surface area (Å²) in [6.07, 6.45) is -3.45. The quantitative estimate of drug-likeness (QED) is 0.538. The summed E-state index contributed by atoms with van der Waals surface area (Å²) < 4.78 is 51.5. The van der Waals surface area contributed by atoms with Crippen LogP contribution in [-0.4, -0.2) is 50.5 Å². The Labute approximate surface area is 198 Å². The minimum Gasteiger partial charge on any atom is -0.489 e. The number of halogens is 3. The van der Waals surface area contributed by atoms with Crippen LogP contribution in [0.5, 0.6) is 5.75 Å². The molecule has 1 unspecified atom stereocenters. The first-order valence-electron chi connectivity index (χ1n) is 10.8. The molecule has 12 heteroatoms. The van der Waals surface area contributed by atoms with Crippen molar-refractivity contribution in [3.63, 3.8) is 0 Å². The van der Waals surface area contributed by atoms with E-state index >= 15 is 0 Å². The average Bonchev–Trinajstić information content (AvgIpc) is 3.42. The lowest BCUT2D eigenvalue weighted by molar-refractivity contribution is -0.144. The smallest absolute Gasteiger partial charge is 0.433 e. The fourth-order valence-electron chi connectivity index (χ4n) is 3.67. The number of nitrogens with zero attached hydrogens (tertiary/aromatic N) is 3. The fraction of sp³-hybridized carbons (Fsp3) is 0.391. The van der Waals surface area contributed by atoms with Gasteiger partial charge in [-0.15, -0.1) is 0 Å². The Bertz CT molecular complexity index is 1220. The zero-order valence-electron chi connectivity index (χ0n) is 19.3. The molecule has 0 radical (unpaired) electrons. The maximum atomic E-state index is 13.2. The molecule has 1 amide bonds. The van der Waals surface area contributed by atoms with E-state index in [9.17, 15) is 27.9 Å². The number of aryl methyl sites for hydroxylation is 1. The molecule has 2 aromatic heterocycles. The van der Waals surface area contributed by atoms with Gasteiger partial charge in [0.25, 0.3) is 5.91 Å². The van der Waals surface area contributed by atoms with E-state index in [1.54, 1.807) is 6.07 Å². The number of carbonyl (C=O) groups is 2. The number of benzene rings is 1. The molecule has 1 aromatic carbocycles. The molecule has 3 aromatic rings. The molecule has 1 saturated heterocycles. The van der Waals surface area contributed by atoms with E-state index in [2.05, 4.69) is 15.4 Å². The zero-order valence-corrected chi connectivity index (χ0v) is 19.3. The van der Waals surface area contributed by atoms with Crippen molar-refractivity contribution < 1.29 is 37.3 Å². The van der Waals surface area contributed by atoms with Crippen LogP contribution in [0, 0.1) is 0 Å². The highest BCUT2D eigenvalue weighted by molar-refractivity contribution is 6.07. The summed E-state index contributed by atoms with van der Waals surface area (Å²) in [6, 6.07) is 7.20. The maximum Gasteiger partial charge on any atom is 0.433 e. The van der Waals surface area contributed by atoms with Gasteiger partial charge in [0, 0.05) is 37.2 Å². The average molecular weight is 494 g/mol. The molecule has 9 nitrogen and oxygen atoms in total. The van der Waals surface area contributed by atoms with Crippen molar-refractivity contribution in [3.8, 4) is 5.75 Å². The van der Waals surface area contributed by atoms with Crippen LogP contribution >= 0.6 is 0 Å². The van der Waals surface area contributed by atoms with Gasteiger partial charge in [-0.25, -0.2) is 4.79 Å². The third kappa shape index (κ3) is 5.37. The largest absolute Gasteiger partial charge is 0.489 e. The third-order valence-corrected chi connectivity index (χ3v) is 5.36. The number of alkyl halides is 3. The predicted octanol–water partition coefficient (Wildman–Crippen LogP) is 3.57. The number of hydrogen-bond acceptors (Lipinski definition) is 6. The van der Waals surface area contributed by atoms with Gasteiger partial charge in [0.05, 0.1) is 12.1 Å². The van der Waals surface area contributed by atoms with E-state index in [4.69, 9.17) is 9.47 Å². The van der Waals surface area contributed by atoms with Gasteiger partial charge in [-0.2, -0.15) is 18.3 Å². The number of aromatic nitrogens is 3. The van der Waals surface area contributed by atoms with Gasteiger partial charge in [-0.05, 0) is 24.3 Å². The molecule has 4 rings (SSSR count). The first-order chi connectivity index (χ1) is 16.6. The van der Waals surface area contributed by atoms with Crippen LogP contribution in [0.15, 0.2) is 36.5 Å². The molecule has 2 N–H and O–H groups in total. The van der Waals surface area contributed by atoms with Crippen molar-refractivity contribution in [1.82, 2.24) is 20.1 Å². The highest BCUT2D eigenvalue weighted by atomic mass is 19.4. The second-order valence-electron chi connectivity index (χ2n) is 7.59. The molecular weight excluding hydrogens is 469 g/mol. The number of nitrogens with one attached hydrogen (secondary N) is 1. The molecule has 3 heterocycles. The van der Waals surface area contributed by atoms with Gasteiger partial charge >= 0.3 is 12.1 Å². The van der Waals surface area contributed by atoms with Crippen LogP contribution < -0.4 is 10.1 Å². The second kappa shape index (κ2) is 10.3. The van der Waals surface area contributed by atoms with Crippen molar-refractivity contribution >= 4 is 22.8 Å². The Kier molecular flexibility index (Phi) is 7.64. The van der Waals surface area contributed by atoms with Gasteiger partial charge in [-0.3, -0.25) is 14.5 Å². The van der Waals surface area contributed by atoms with Gasteiger partial charge < -0.3 is 19.9 Å². The van der Waals surface area contributed by atoms with Gasteiger partial charge in [0.2, 0.25) is 0 Å². The van der Waals surface area contributed by atoms with Crippen LogP contribution in [0.2, 0.25) is 0 Å². The normalized spacial score (nSPS) is 17.5. The van der Waals surface area contributed by atoms with Crippen LogP contribution in [0.4, 0.5) is 13.2 Å². The van der Waals surface area contributed by atoms with Crippen molar-refractivity contribution in [2.75, 3.05) is 13.2 Å². The van der Waals surface area contributed by atoms with E-state index in [1.165, 1.54) is 36.0 Å². The first-order valence-corrected chi connectivity index (χ1v) is 10.8. The van der Waals surface area contributed by atoms with Crippen molar-refractivity contribution in [3.05, 3.63) is 53.5 Å². The molecule has 0 aliphatic carbocycles. The Balaban J connectivity index is 0.00000167. The summed E-state index contributed by atoms with van der Waals surface area (Å²) in [4.78, 5) is 28.1. The maximum absolute atomic E-state index is 13.2. The summed E-state index contributed by atoms with van der Waals surface area (Å²) in [7, 11) is 1.53. The Morgan fingerprint density at radius 2 is 2.03 bits per heavy atom. The standard InChI is InChI=1S/C21H19F3N4O5.C2H6/c1-28-16(18(29)26-20(19(30)31)6-8-32-11-20)14-9-13(4-5-15(14)27-28)33-10-12-3-2-7-25-17(12)21(22,23)24;1-2/h2-5,7,9H,6,8,10-11H2,1H3,(H,26,29)(H,30,31);1-2H3. The van der Waals surface area contributed by atoms with Crippen molar-refractivity contribution in [2.45, 2.75) is 38.6 Å². The van der Waals surface area contributed by atoms with Crippen LogP contribution in [0.1, 0.15) is 42.0 Å². The SMILES string of the molecule is CC.Cn1nc2ccc(OCc3cccnc3C(F)(F)F)cc2c1C(=O)NC1(C(=O)O)CCOC1. The number of amides is 1. The fourth-order valence-corrected chi connectivity index (χ4v) is 3.67. The topological polar surface area (TPSA) is 116 Å². The molecule has 1 aliphatic heterocycles. The summed E-state index contributed by atoms with van der Waals surface area (Å²) in [5.41, 5.74) is -2.21. The van der Waals surface area contributed by atoms with E-state index in [0.29, 0.717) is 10.9 Å². The predicted molar refractivity (Wildman–Crippen MR) is 119 cm³/mol. The van der Waals surface area contributed by atoms with E-state index in [0.717, 1.165) is 6.20 Å². The number of ether oxygens (including phenoxy) is 2. The van der Waals surface area contributed by atoms with Crippen molar-refractivity contribution in [2.24, 2.45) is 7.05 Å². The van der Waals surface area contributed by atoms with Gasteiger partial charge in [0.15, 0.2) is 11.2 Å². The number of carboxylic acids is 1. The minimum atomic E-state index is -4.62. The number of carbonyl (C=O) groups excluding carboxylic acids is 1. The van der Waals surface area contributed by atoms with Crippen LogP contribution in [0.25, 0.3) is 10.9 Å². The summed E-state index contributed by atoms with van der Waals surface area (Å²) >= 11 is 0. The van der Waals surface area contributed by atoms with Crippen LogP contribution in [-0.2, 0) is 29.4 Å². The molecule has 0 spiro atoms. The Morgan fingerprint density at radius 3 is 2.66 bits per heavy atom. The number of pyridine rings is 1. The van der Waals surface area contributed by atoms with Crippen molar-refractivity contribution in [1.29, 1.82) is 0 Å². The highest BCUT2D eigenvalue weighted by Gasteiger charge is 2.44. The van der Waals surface area contributed by atoms with E-state index in [-0.39, 0.29) is 36.6 Å². The molecule has 0 saturated carbocycles. The second-order valence-corrected chi connectivity index (χ2v) is 7.59.